The van der Waals surface area contributed by atoms with Crippen molar-refractivity contribution < 1.29 is 18.3 Å². The van der Waals surface area contributed by atoms with Gasteiger partial charge in [0, 0.05) is 4.90 Å². The van der Waals surface area contributed by atoms with E-state index in [9.17, 15) is 13.2 Å². The monoisotopic (exact) mass is 208 g/mol. The molecule has 0 aliphatic rings. The number of aryl methyl sites for hydroxylation is 1. The van der Waals surface area contributed by atoms with Crippen LogP contribution in [-0.2, 0) is 0 Å². The van der Waals surface area contributed by atoms with Gasteiger partial charge in [-0.05, 0) is 42.4 Å². The third kappa shape index (κ3) is 3.18. The number of thioether (sulfide) groups is 1. The molecule has 0 fully saturated rings. The van der Waals surface area contributed by atoms with Crippen molar-refractivity contribution in [1.82, 2.24) is 0 Å². The highest BCUT2D eigenvalue weighted by Gasteiger charge is 2.29. The van der Waals surface area contributed by atoms with Crippen molar-refractivity contribution in [3.63, 3.8) is 0 Å². The summed E-state index contributed by atoms with van der Waals surface area (Å²) in [5, 5.41) is 8.95. The lowest BCUT2D eigenvalue weighted by atomic mass is 10.2. The van der Waals surface area contributed by atoms with E-state index in [-0.39, 0.29) is 22.4 Å². The zero-order chi connectivity index (χ0) is 10.1. The number of halogens is 3. The predicted molar refractivity (Wildman–Crippen MR) is 44.8 cm³/mol. The average molecular weight is 208 g/mol. The standard InChI is InChI=1S/C8H7F3OS/c1-5-4-6(12)2-3-7(5)13-8(9,10)11/h2-4,12H,1H3. The minimum atomic E-state index is -4.28. The van der Waals surface area contributed by atoms with Crippen LogP contribution in [0.15, 0.2) is 23.1 Å². The van der Waals surface area contributed by atoms with Gasteiger partial charge in [-0.1, -0.05) is 0 Å². The molecular weight excluding hydrogens is 201 g/mol. The van der Waals surface area contributed by atoms with Crippen LogP contribution < -0.4 is 0 Å². The minimum Gasteiger partial charge on any atom is -0.508 e. The van der Waals surface area contributed by atoms with E-state index in [1.807, 2.05) is 0 Å². The summed E-state index contributed by atoms with van der Waals surface area (Å²) in [5.41, 5.74) is -3.86. The van der Waals surface area contributed by atoms with Gasteiger partial charge in [0.1, 0.15) is 5.75 Å². The molecule has 0 spiro atoms. The molecule has 0 saturated heterocycles. The summed E-state index contributed by atoms with van der Waals surface area (Å²) >= 11 is -0.175. The van der Waals surface area contributed by atoms with Crippen molar-refractivity contribution >= 4 is 11.8 Å². The van der Waals surface area contributed by atoms with Gasteiger partial charge in [0.25, 0.3) is 0 Å². The molecule has 72 valence electrons. The van der Waals surface area contributed by atoms with Gasteiger partial charge in [0.05, 0.1) is 0 Å². The number of aromatic hydroxyl groups is 1. The lowest BCUT2D eigenvalue weighted by Crippen LogP contribution is -1.99. The molecule has 0 unspecified atom stereocenters. The maximum atomic E-state index is 11.9. The zero-order valence-electron chi connectivity index (χ0n) is 6.72. The molecule has 1 nitrogen and oxygen atoms in total. The highest BCUT2D eigenvalue weighted by atomic mass is 32.2. The van der Waals surface area contributed by atoms with E-state index in [1.54, 1.807) is 0 Å². The van der Waals surface area contributed by atoms with Gasteiger partial charge in [-0.2, -0.15) is 13.2 Å². The molecule has 0 atom stereocenters. The van der Waals surface area contributed by atoms with Gasteiger partial charge in [-0.3, -0.25) is 0 Å². The number of rotatable bonds is 1. The Balaban J connectivity index is 2.90. The molecule has 5 heteroatoms. The molecule has 0 radical (unpaired) electrons. The Morgan fingerprint density at radius 3 is 2.38 bits per heavy atom. The highest BCUT2D eigenvalue weighted by molar-refractivity contribution is 8.00. The van der Waals surface area contributed by atoms with Gasteiger partial charge >= 0.3 is 5.51 Å². The lowest BCUT2D eigenvalue weighted by Gasteiger charge is -2.08. The molecule has 0 amide bonds. The van der Waals surface area contributed by atoms with E-state index in [4.69, 9.17) is 5.11 Å². The Hall–Kier alpha value is -0.840. The molecule has 1 aromatic carbocycles. The van der Waals surface area contributed by atoms with Crippen LogP contribution in [0.3, 0.4) is 0 Å². The van der Waals surface area contributed by atoms with E-state index in [0.29, 0.717) is 5.56 Å². The molecule has 0 aliphatic heterocycles. The van der Waals surface area contributed by atoms with Crippen molar-refractivity contribution in [2.24, 2.45) is 0 Å². The molecule has 1 rings (SSSR count). The molecule has 1 aromatic rings. The highest BCUT2D eigenvalue weighted by Crippen LogP contribution is 2.38. The second-order valence-electron chi connectivity index (χ2n) is 2.50. The Labute approximate surface area is 77.6 Å². The first-order valence-electron chi connectivity index (χ1n) is 3.44. The zero-order valence-corrected chi connectivity index (χ0v) is 7.54. The molecule has 0 aliphatic carbocycles. The molecule has 0 aromatic heterocycles. The third-order valence-electron chi connectivity index (χ3n) is 1.38. The fraction of sp³-hybridized carbons (Fsp3) is 0.250. The van der Waals surface area contributed by atoms with Crippen LogP contribution in [0.25, 0.3) is 0 Å². The summed E-state index contributed by atoms with van der Waals surface area (Å²) in [5.74, 6) is -0.0241. The van der Waals surface area contributed by atoms with Crippen LogP contribution in [-0.4, -0.2) is 10.6 Å². The van der Waals surface area contributed by atoms with Crippen LogP contribution >= 0.6 is 11.8 Å². The topological polar surface area (TPSA) is 20.2 Å². The van der Waals surface area contributed by atoms with Crippen molar-refractivity contribution in [2.45, 2.75) is 17.3 Å². The van der Waals surface area contributed by atoms with Crippen LogP contribution in [0.5, 0.6) is 5.75 Å². The molecular formula is C8H7F3OS. The third-order valence-corrected chi connectivity index (χ3v) is 2.29. The number of phenols is 1. The number of benzene rings is 1. The van der Waals surface area contributed by atoms with E-state index in [1.165, 1.54) is 25.1 Å². The fourth-order valence-electron chi connectivity index (χ4n) is 0.873. The maximum Gasteiger partial charge on any atom is 0.446 e. The fourth-order valence-corrected chi connectivity index (χ4v) is 1.48. The largest absolute Gasteiger partial charge is 0.508 e. The van der Waals surface area contributed by atoms with Crippen LogP contribution in [0.1, 0.15) is 5.56 Å². The van der Waals surface area contributed by atoms with E-state index < -0.39 is 5.51 Å². The molecule has 0 saturated carbocycles. The minimum absolute atomic E-state index is 0.0241. The summed E-state index contributed by atoms with van der Waals surface area (Å²) in [6, 6.07) is 3.79. The Kier molecular flexibility index (Phi) is 2.75. The summed E-state index contributed by atoms with van der Waals surface area (Å²) in [7, 11) is 0. The number of hydrogen-bond donors (Lipinski definition) is 1. The van der Waals surface area contributed by atoms with Crippen molar-refractivity contribution in [3.8, 4) is 5.75 Å². The Bertz CT molecular complexity index is 309. The second-order valence-corrected chi connectivity index (χ2v) is 3.60. The Morgan fingerprint density at radius 1 is 1.31 bits per heavy atom. The van der Waals surface area contributed by atoms with Crippen molar-refractivity contribution in [3.05, 3.63) is 23.8 Å². The van der Waals surface area contributed by atoms with Gasteiger partial charge in [0.2, 0.25) is 0 Å². The van der Waals surface area contributed by atoms with Gasteiger partial charge in [0.15, 0.2) is 0 Å². The van der Waals surface area contributed by atoms with Crippen LogP contribution in [0.4, 0.5) is 13.2 Å². The number of phenolic OH excluding ortho intramolecular Hbond substituents is 1. The van der Waals surface area contributed by atoms with Crippen molar-refractivity contribution in [2.75, 3.05) is 0 Å². The first-order valence-corrected chi connectivity index (χ1v) is 4.25. The average Bonchev–Trinajstić information content (AvgIpc) is 1.93. The van der Waals surface area contributed by atoms with Crippen LogP contribution in [0, 0.1) is 6.92 Å². The Morgan fingerprint density at radius 2 is 1.92 bits per heavy atom. The van der Waals surface area contributed by atoms with Gasteiger partial charge < -0.3 is 5.11 Å². The summed E-state index contributed by atoms with van der Waals surface area (Å²) < 4.78 is 35.8. The van der Waals surface area contributed by atoms with Gasteiger partial charge in [-0.25, -0.2) is 0 Å². The van der Waals surface area contributed by atoms with Crippen LogP contribution in [0.2, 0.25) is 0 Å². The normalized spacial score (nSPS) is 11.7. The van der Waals surface area contributed by atoms with E-state index >= 15 is 0 Å². The van der Waals surface area contributed by atoms with E-state index in [0.717, 1.165) is 0 Å². The SMILES string of the molecule is Cc1cc(O)ccc1SC(F)(F)F. The first kappa shape index (κ1) is 10.2. The predicted octanol–water partition coefficient (Wildman–Crippen LogP) is 3.31. The van der Waals surface area contributed by atoms with E-state index in [2.05, 4.69) is 0 Å². The number of hydrogen-bond acceptors (Lipinski definition) is 2. The van der Waals surface area contributed by atoms with Gasteiger partial charge in [-0.15, -0.1) is 0 Å². The molecule has 1 N–H and O–H groups in total. The maximum absolute atomic E-state index is 11.9. The van der Waals surface area contributed by atoms with Crippen molar-refractivity contribution in [1.29, 1.82) is 0 Å². The smallest absolute Gasteiger partial charge is 0.446 e. The first-order chi connectivity index (χ1) is 5.88. The summed E-state index contributed by atoms with van der Waals surface area (Å²) in [4.78, 5) is 0.116. The molecule has 0 heterocycles. The second kappa shape index (κ2) is 3.49. The lowest BCUT2D eigenvalue weighted by molar-refractivity contribution is -0.0328. The number of alkyl halides is 3. The summed E-state index contributed by atoms with van der Waals surface area (Å²) in [6.45, 7) is 1.52. The summed E-state index contributed by atoms with van der Waals surface area (Å²) in [6.07, 6.45) is 0. The quantitative estimate of drug-likeness (QED) is 0.714. The molecule has 13 heavy (non-hydrogen) atoms. The molecule has 0 bridgehead atoms.